The fraction of sp³-hybridized carbons (Fsp3) is 0.441. The first-order valence-electron chi connectivity index (χ1n) is 14.9. The predicted molar refractivity (Wildman–Crippen MR) is 168 cm³/mol. The van der Waals surface area contributed by atoms with Crippen molar-refractivity contribution in [3.8, 4) is 5.75 Å². The maximum atomic E-state index is 14.7. The summed E-state index contributed by atoms with van der Waals surface area (Å²) in [6.07, 6.45) is 8.08. The van der Waals surface area contributed by atoms with Gasteiger partial charge in [0, 0.05) is 30.1 Å². The van der Waals surface area contributed by atoms with Crippen LogP contribution in [0.2, 0.25) is 0 Å². The van der Waals surface area contributed by atoms with E-state index in [1.807, 2.05) is 98.5 Å². The van der Waals surface area contributed by atoms with Gasteiger partial charge in [-0.15, -0.1) is 11.8 Å². The molecule has 0 saturated carbocycles. The number of aliphatic hydroxyl groups is 1. The highest BCUT2D eigenvalue weighted by atomic mass is 32.2. The molecule has 8 nitrogen and oxygen atoms in total. The van der Waals surface area contributed by atoms with E-state index in [0.717, 1.165) is 5.56 Å². The Balaban J connectivity index is 1.46. The number of amides is 3. The van der Waals surface area contributed by atoms with Crippen LogP contribution in [0, 0.1) is 17.8 Å². The van der Waals surface area contributed by atoms with Crippen LogP contribution in [0.15, 0.2) is 78.9 Å². The minimum Gasteiger partial charge on any atom is -0.497 e. The second kappa shape index (κ2) is 11.2. The van der Waals surface area contributed by atoms with Crippen LogP contribution >= 0.6 is 11.8 Å². The number of carbonyl (C=O) groups excluding carboxylic acids is 3. The van der Waals surface area contributed by atoms with Gasteiger partial charge in [-0.2, -0.15) is 0 Å². The Bertz CT molecular complexity index is 1460. The number of rotatable bonds is 7. The molecule has 0 bridgehead atoms. The Morgan fingerprint density at radius 2 is 1.63 bits per heavy atom. The average molecular weight is 602 g/mol. The molecule has 2 fully saturated rings. The van der Waals surface area contributed by atoms with Gasteiger partial charge in [0.1, 0.15) is 11.8 Å². The number of carbonyl (C=O) groups is 3. The van der Waals surface area contributed by atoms with Crippen LogP contribution in [-0.2, 0) is 20.9 Å². The summed E-state index contributed by atoms with van der Waals surface area (Å²) >= 11 is 1.56. The third-order valence-corrected chi connectivity index (χ3v) is 11.3. The number of aliphatic hydroxyl groups excluding tert-OH is 1. The van der Waals surface area contributed by atoms with Crippen LogP contribution < -0.4 is 9.64 Å². The highest BCUT2D eigenvalue weighted by Crippen LogP contribution is 2.66. The molecule has 1 unspecified atom stereocenters. The third kappa shape index (κ3) is 4.68. The zero-order chi connectivity index (χ0) is 30.5. The molecule has 1 N–H and O–H groups in total. The molecule has 3 amide bonds. The molecule has 226 valence electrons. The molecule has 6 atom stereocenters. The molecule has 2 saturated heterocycles. The molecular formula is C34H39N3O5S. The van der Waals surface area contributed by atoms with Gasteiger partial charge in [-0.3, -0.25) is 14.4 Å². The SMILES string of the molecule is COc1ccc(N2CC=C[C@]34S[C@]5(C)C=CCN(Cc6ccccc6)C(=O)[C@@H]5[C@H]3C(=O)N([C@@H](CO)C(C)C)C4C2=O)cc1. The van der Waals surface area contributed by atoms with Crippen LogP contribution in [0.3, 0.4) is 0 Å². The highest BCUT2D eigenvalue weighted by molar-refractivity contribution is 8.02. The number of benzene rings is 2. The zero-order valence-electron chi connectivity index (χ0n) is 25.1. The van der Waals surface area contributed by atoms with Crippen molar-refractivity contribution in [1.82, 2.24) is 9.80 Å². The second-order valence-corrected chi connectivity index (χ2v) is 14.2. The average Bonchev–Trinajstić information content (AvgIpc) is 3.27. The summed E-state index contributed by atoms with van der Waals surface area (Å²) in [6, 6.07) is 15.7. The smallest absolute Gasteiger partial charge is 0.251 e. The lowest BCUT2D eigenvalue weighted by Gasteiger charge is -2.41. The number of anilines is 1. The van der Waals surface area contributed by atoms with Crippen LogP contribution in [0.1, 0.15) is 26.3 Å². The summed E-state index contributed by atoms with van der Waals surface area (Å²) in [5, 5.41) is 10.6. The largest absolute Gasteiger partial charge is 0.497 e. The number of thioether (sulfide) groups is 1. The summed E-state index contributed by atoms with van der Waals surface area (Å²) < 4.78 is 3.65. The van der Waals surface area contributed by atoms with E-state index in [4.69, 9.17) is 4.74 Å². The van der Waals surface area contributed by atoms with E-state index in [0.29, 0.717) is 31.1 Å². The van der Waals surface area contributed by atoms with Crippen molar-refractivity contribution < 1.29 is 24.2 Å². The minimum absolute atomic E-state index is 0.0816. The lowest BCUT2D eigenvalue weighted by atomic mass is 9.74. The summed E-state index contributed by atoms with van der Waals surface area (Å²) in [5.74, 6) is -1.38. The van der Waals surface area contributed by atoms with E-state index >= 15 is 0 Å². The topological polar surface area (TPSA) is 90.4 Å². The second-order valence-electron chi connectivity index (χ2n) is 12.4. The van der Waals surface area contributed by atoms with Crippen molar-refractivity contribution in [2.75, 3.05) is 31.7 Å². The van der Waals surface area contributed by atoms with Crippen LogP contribution in [-0.4, -0.2) is 81.0 Å². The van der Waals surface area contributed by atoms with Gasteiger partial charge >= 0.3 is 0 Å². The van der Waals surface area contributed by atoms with Gasteiger partial charge in [-0.05, 0) is 42.7 Å². The van der Waals surface area contributed by atoms with Gasteiger partial charge in [-0.25, -0.2) is 0 Å². The monoisotopic (exact) mass is 601 g/mol. The molecule has 1 spiro atoms. The van der Waals surface area contributed by atoms with Gasteiger partial charge in [0.2, 0.25) is 11.8 Å². The lowest BCUT2D eigenvalue weighted by Crippen LogP contribution is -2.58. The van der Waals surface area contributed by atoms with E-state index in [-0.39, 0.29) is 30.2 Å². The number of hydrogen-bond acceptors (Lipinski definition) is 6. The quantitative estimate of drug-likeness (QED) is 0.485. The number of ether oxygens (including phenoxy) is 1. The van der Waals surface area contributed by atoms with Crippen molar-refractivity contribution in [3.63, 3.8) is 0 Å². The Morgan fingerprint density at radius 1 is 0.930 bits per heavy atom. The number of hydrogen-bond donors (Lipinski definition) is 1. The van der Waals surface area contributed by atoms with Crippen molar-refractivity contribution in [1.29, 1.82) is 0 Å². The first-order valence-corrected chi connectivity index (χ1v) is 15.7. The molecule has 0 radical (unpaired) electrons. The number of methoxy groups -OCH3 is 1. The third-order valence-electron chi connectivity index (χ3n) is 9.49. The number of nitrogens with zero attached hydrogens (tertiary/aromatic N) is 3. The lowest BCUT2D eigenvalue weighted by molar-refractivity contribution is -0.146. The molecule has 4 heterocycles. The molecule has 0 aliphatic carbocycles. The van der Waals surface area contributed by atoms with E-state index < -0.39 is 33.4 Å². The molecule has 2 aromatic carbocycles. The fourth-order valence-corrected chi connectivity index (χ4v) is 9.57. The van der Waals surface area contributed by atoms with E-state index in [9.17, 15) is 19.5 Å². The van der Waals surface area contributed by atoms with Gasteiger partial charge in [0.15, 0.2) is 0 Å². The maximum Gasteiger partial charge on any atom is 0.251 e. The summed E-state index contributed by atoms with van der Waals surface area (Å²) in [4.78, 5) is 49.1. The van der Waals surface area contributed by atoms with Crippen molar-refractivity contribution in [2.24, 2.45) is 17.8 Å². The Hall–Kier alpha value is -3.56. The molecule has 43 heavy (non-hydrogen) atoms. The summed E-state index contributed by atoms with van der Waals surface area (Å²) in [5.41, 5.74) is 1.71. The first-order chi connectivity index (χ1) is 20.6. The predicted octanol–water partition coefficient (Wildman–Crippen LogP) is 3.90. The molecule has 2 aromatic rings. The summed E-state index contributed by atoms with van der Waals surface area (Å²) in [7, 11) is 1.60. The Kier molecular flexibility index (Phi) is 7.67. The first kappa shape index (κ1) is 29.5. The van der Waals surface area contributed by atoms with Gasteiger partial charge in [0.25, 0.3) is 5.91 Å². The Labute approximate surface area is 257 Å². The number of fused-ring (bicyclic) bond motifs is 2. The molecule has 9 heteroatoms. The van der Waals surface area contributed by atoms with Crippen molar-refractivity contribution in [2.45, 2.75) is 48.9 Å². The zero-order valence-corrected chi connectivity index (χ0v) is 25.9. The van der Waals surface area contributed by atoms with Crippen LogP contribution in [0.4, 0.5) is 5.69 Å². The molecular weight excluding hydrogens is 562 g/mol. The molecule has 4 aliphatic heterocycles. The summed E-state index contributed by atoms with van der Waals surface area (Å²) in [6.45, 7) is 6.87. The van der Waals surface area contributed by atoms with E-state index in [1.54, 1.807) is 28.7 Å². The minimum atomic E-state index is -0.979. The van der Waals surface area contributed by atoms with Gasteiger partial charge in [-0.1, -0.05) is 68.5 Å². The van der Waals surface area contributed by atoms with E-state index in [1.165, 1.54) is 0 Å². The molecule has 6 rings (SSSR count). The normalized spacial score (nSPS) is 30.7. The van der Waals surface area contributed by atoms with Gasteiger partial charge < -0.3 is 24.5 Å². The standard InChI is InChI=1S/C34H39N3O5S/c1-22(2)26(21-38)37-29-32(41)36(24-12-14-25(42-4)15-13-24)19-9-17-34(29)28(31(37)40)27-30(39)35(18-8-16-33(27,3)43-34)20-23-10-6-5-7-11-23/h5-17,22,26-29,38H,18-21H2,1-4H3/t26-,27-,28-,29?,33+,34-/m0/s1. The highest BCUT2D eigenvalue weighted by Gasteiger charge is 2.74. The maximum absolute atomic E-state index is 14.7. The molecule has 4 aliphatic rings. The molecule has 0 aromatic heterocycles. The fourth-order valence-electron chi connectivity index (χ4n) is 7.43. The van der Waals surface area contributed by atoms with Crippen LogP contribution in [0.25, 0.3) is 0 Å². The number of likely N-dealkylation sites (tertiary alicyclic amines) is 1. The van der Waals surface area contributed by atoms with E-state index in [2.05, 4.69) is 6.08 Å². The Morgan fingerprint density at radius 3 is 2.28 bits per heavy atom. The van der Waals surface area contributed by atoms with Crippen LogP contribution in [0.5, 0.6) is 5.75 Å². The van der Waals surface area contributed by atoms with Gasteiger partial charge in [0.05, 0.1) is 36.3 Å². The van der Waals surface area contributed by atoms with Crippen molar-refractivity contribution in [3.05, 3.63) is 84.5 Å². The van der Waals surface area contributed by atoms with Crippen molar-refractivity contribution >= 4 is 35.2 Å².